The standard InChI is InChI=1S/C26H37N3O4/c1-32-15-12-27-25(30)16-20-11-13-28-17-21(20)7-5-14-33-24-10-3-2-6-22(24)18-29(19-26(28)31)23-8-4-9-23/h2-3,5-7,10,20-21,23H,4,8-9,11-19H2,1H3,(H,27,30)/b7-5-/t20-,21-/m0/s1. The van der Waals surface area contributed by atoms with E-state index in [2.05, 4.69) is 22.4 Å². The van der Waals surface area contributed by atoms with Crippen LogP contribution in [0.15, 0.2) is 36.4 Å². The zero-order chi connectivity index (χ0) is 23.0. The topological polar surface area (TPSA) is 71.1 Å². The molecule has 1 aromatic carbocycles. The summed E-state index contributed by atoms with van der Waals surface area (Å²) in [5.41, 5.74) is 1.13. The van der Waals surface area contributed by atoms with Crippen molar-refractivity contribution in [2.75, 3.05) is 46.5 Å². The van der Waals surface area contributed by atoms with Crippen LogP contribution in [0.3, 0.4) is 0 Å². The second-order valence-corrected chi connectivity index (χ2v) is 9.44. The highest BCUT2D eigenvalue weighted by Gasteiger charge is 2.34. The predicted octanol–water partition coefficient (Wildman–Crippen LogP) is 2.61. The number of rotatable bonds is 6. The summed E-state index contributed by atoms with van der Waals surface area (Å²) in [6.07, 6.45) is 9.05. The van der Waals surface area contributed by atoms with Crippen LogP contribution in [0.5, 0.6) is 5.75 Å². The lowest BCUT2D eigenvalue weighted by atomic mass is 9.82. The summed E-state index contributed by atoms with van der Waals surface area (Å²) >= 11 is 0. The molecule has 33 heavy (non-hydrogen) atoms. The van der Waals surface area contributed by atoms with E-state index >= 15 is 0 Å². The summed E-state index contributed by atoms with van der Waals surface area (Å²) in [6.45, 7) is 4.07. The van der Waals surface area contributed by atoms with Crippen molar-refractivity contribution in [3.05, 3.63) is 42.0 Å². The fraction of sp³-hybridized carbons (Fsp3) is 0.615. The van der Waals surface area contributed by atoms with Crippen LogP contribution in [0.25, 0.3) is 0 Å². The molecule has 1 aliphatic carbocycles. The molecule has 0 unspecified atom stereocenters. The fourth-order valence-electron chi connectivity index (χ4n) is 5.03. The summed E-state index contributed by atoms with van der Waals surface area (Å²) in [5.74, 6) is 1.49. The summed E-state index contributed by atoms with van der Waals surface area (Å²) in [6, 6.07) is 8.62. The van der Waals surface area contributed by atoms with Gasteiger partial charge in [0.2, 0.25) is 11.8 Å². The molecule has 1 saturated carbocycles. The Bertz CT molecular complexity index is 839. The van der Waals surface area contributed by atoms with Crippen LogP contribution in [-0.4, -0.2) is 74.2 Å². The Labute approximate surface area is 197 Å². The lowest BCUT2D eigenvalue weighted by molar-refractivity contribution is -0.136. The highest BCUT2D eigenvalue weighted by Crippen LogP contribution is 2.31. The van der Waals surface area contributed by atoms with Gasteiger partial charge in [-0.3, -0.25) is 14.5 Å². The van der Waals surface area contributed by atoms with Crippen LogP contribution in [0.4, 0.5) is 0 Å². The number of benzene rings is 1. The van der Waals surface area contributed by atoms with Crippen LogP contribution < -0.4 is 10.1 Å². The number of fused-ring (bicyclic) bond motifs is 3. The molecular weight excluding hydrogens is 418 g/mol. The molecule has 0 radical (unpaired) electrons. The van der Waals surface area contributed by atoms with E-state index in [0.717, 1.165) is 37.1 Å². The summed E-state index contributed by atoms with van der Waals surface area (Å²) in [7, 11) is 1.63. The molecule has 4 rings (SSSR count). The third-order valence-electron chi connectivity index (χ3n) is 7.23. The number of piperidine rings is 1. The SMILES string of the molecule is COCCNC(=O)C[C@@H]1CCN2C[C@@H]1/C=C\COc1ccccc1CN(C1CCC1)CC2=O. The molecule has 7 nitrogen and oxygen atoms in total. The molecule has 2 heterocycles. The summed E-state index contributed by atoms with van der Waals surface area (Å²) in [5, 5.41) is 2.93. The van der Waals surface area contributed by atoms with Crippen molar-refractivity contribution < 1.29 is 19.1 Å². The smallest absolute Gasteiger partial charge is 0.236 e. The van der Waals surface area contributed by atoms with E-state index in [1.54, 1.807) is 7.11 Å². The van der Waals surface area contributed by atoms with Gasteiger partial charge < -0.3 is 19.7 Å². The second-order valence-electron chi connectivity index (χ2n) is 9.44. The molecule has 7 heteroatoms. The van der Waals surface area contributed by atoms with E-state index in [4.69, 9.17) is 9.47 Å². The van der Waals surface area contributed by atoms with Gasteiger partial charge >= 0.3 is 0 Å². The maximum absolute atomic E-state index is 13.3. The number of carbonyl (C=O) groups excluding carboxylic acids is 2. The quantitative estimate of drug-likeness (QED) is 0.527. The maximum atomic E-state index is 13.3. The number of hydrogen-bond acceptors (Lipinski definition) is 5. The molecule has 1 N–H and O–H groups in total. The summed E-state index contributed by atoms with van der Waals surface area (Å²) in [4.78, 5) is 30.1. The van der Waals surface area contributed by atoms with E-state index in [1.807, 2.05) is 29.2 Å². The molecule has 2 aliphatic heterocycles. The molecule has 2 atom stereocenters. The van der Waals surface area contributed by atoms with Gasteiger partial charge in [-0.05, 0) is 37.2 Å². The van der Waals surface area contributed by atoms with Gasteiger partial charge in [-0.15, -0.1) is 0 Å². The second kappa shape index (κ2) is 11.7. The monoisotopic (exact) mass is 455 g/mol. The van der Waals surface area contributed by atoms with Crippen molar-refractivity contribution in [1.29, 1.82) is 0 Å². The normalized spacial score (nSPS) is 25.5. The molecule has 0 aromatic heterocycles. The van der Waals surface area contributed by atoms with Crippen LogP contribution in [0.2, 0.25) is 0 Å². The number of ether oxygens (including phenoxy) is 2. The highest BCUT2D eigenvalue weighted by molar-refractivity contribution is 5.79. The van der Waals surface area contributed by atoms with E-state index < -0.39 is 0 Å². The minimum absolute atomic E-state index is 0.0504. The molecule has 1 aromatic rings. The predicted molar refractivity (Wildman–Crippen MR) is 127 cm³/mol. The first kappa shape index (κ1) is 23.8. The van der Waals surface area contributed by atoms with Gasteiger partial charge in [0.1, 0.15) is 12.4 Å². The Morgan fingerprint density at radius 2 is 2.06 bits per heavy atom. The van der Waals surface area contributed by atoms with Gasteiger partial charge in [0, 0.05) is 51.3 Å². The Hall–Kier alpha value is -2.38. The van der Waals surface area contributed by atoms with E-state index in [1.165, 1.54) is 6.42 Å². The summed E-state index contributed by atoms with van der Waals surface area (Å²) < 4.78 is 11.1. The van der Waals surface area contributed by atoms with Gasteiger partial charge in [-0.1, -0.05) is 36.8 Å². The van der Waals surface area contributed by atoms with Crippen LogP contribution in [-0.2, 0) is 20.9 Å². The maximum Gasteiger partial charge on any atom is 0.236 e. The van der Waals surface area contributed by atoms with Crippen molar-refractivity contribution in [2.24, 2.45) is 11.8 Å². The Balaban J connectivity index is 1.49. The van der Waals surface area contributed by atoms with Crippen molar-refractivity contribution in [3.63, 3.8) is 0 Å². The average molecular weight is 456 g/mol. The van der Waals surface area contributed by atoms with Crippen molar-refractivity contribution in [2.45, 2.75) is 44.7 Å². The Kier molecular flexibility index (Phi) is 8.40. The third kappa shape index (κ3) is 6.36. The van der Waals surface area contributed by atoms with Gasteiger partial charge in [0.05, 0.1) is 13.2 Å². The third-order valence-corrected chi connectivity index (χ3v) is 7.23. The van der Waals surface area contributed by atoms with E-state index in [9.17, 15) is 9.59 Å². The van der Waals surface area contributed by atoms with Crippen LogP contribution in [0, 0.1) is 11.8 Å². The van der Waals surface area contributed by atoms with Crippen molar-refractivity contribution in [1.82, 2.24) is 15.1 Å². The van der Waals surface area contributed by atoms with Gasteiger partial charge in [0.25, 0.3) is 0 Å². The number of para-hydroxylation sites is 1. The molecule has 2 amide bonds. The number of nitrogens with zero attached hydrogens (tertiary/aromatic N) is 2. The number of nitrogens with one attached hydrogen (secondary N) is 1. The number of carbonyl (C=O) groups is 2. The van der Waals surface area contributed by atoms with Crippen LogP contribution in [0.1, 0.15) is 37.7 Å². The molecule has 180 valence electrons. The first-order chi connectivity index (χ1) is 16.1. The molecule has 1 saturated heterocycles. The van der Waals surface area contributed by atoms with Gasteiger partial charge in [-0.2, -0.15) is 0 Å². The lowest BCUT2D eigenvalue weighted by Crippen LogP contribution is -2.50. The largest absolute Gasteiger partial charge is 0.489 e. The zero-order valence-corrected chi connectivity index (χ0v) is 19.7. The molecule has 0 spiro atoms. The number of hydrogen-bond donors (Lipinski definition) is 1. The fourth-order valence-corrected chi connectivity index (χ4v) is 5.03. The molecule has 2 bridgehead atoms. The van der Waals surface area contributed by atoms with Gasteiger partial charge in [0.15, 0.2) is 0 Å². The number of amides is 2. The zero-order valence-electron chi connectivity index (χ0n) is 19.7. The highest BCUT2D eigenvalue weighted by atomic mass is 16.5. The van der Waals surface area contributed by atoms with E-state index in [-0.39, 0.29) is 23.7 Å². The molecule has 3 aliphatic rings. The van der Waals surface area contributed by atoms with Crippen molar-refractivity contribution >= 4 is 11.8 Å². The first-order valence-corrected chi connectivity index (χ1v) is 12.3. The van der Waals surface area contributed by atoms with Crippen molar-refractivity contribution in [3.8, 4) is 5.75 Å². The average Bonchev–Trinajstić information content (AvgIpc) is 2.77. The molecule has 2 fully saturated rings. The molecular formula is C26H37N3O4. The minimum Gasteiger partial charge on any atom is -0.489 e. The van der Waals surface area contributed by atoms with Crippen LogP contribution >= 0.6 is 0 Å². The lowest BCUT2D eigenvalue weighted by Gasteiger charge is -2.41. The Morgan fingerprint density at radius 3 is 2.85 bits per heavy atom. The minimum atomic E-state index is 0.0504. The number of methoxy groups -OCH3 is 1. The first-order valence-electron chi connectivity index (χ1n) is 12.3. The Morgan fingerprint density at radius 1 is 1.21 bits per heavy atom. The van der Waals surface area contributed by atoms with Gasteiger partial charge in [-0.25, -0.2) is 0 Å². The van der Waals surface area contributed by atoms with E-state index in [0.29, 0.717) is 51.9 Å².